The summed E-state index contributed by atoms with van der Waals surface area (Å²) in [6.45, 7) is 17.7. The molecular formula is C15H29N3. The Labute approximate surface area is 112 Å². The van der Waals surface area contributed by atoms with Gasteiger partial charge in [0.1, 0.15) is 0 Å². The first-order valence-electron chi connectivity index (χ1n) is 6.97. The minimum absolute atomic E-state index is 0.327. The summed E-state index contributed by atoms with van der Waals surface area (Å²) in [5.41, 5.74) is 1.41. The third-order valence-corrected chi connectivity index (χ3v) is 3.51. The van der Waals surface area contributed by atoms with Crippen molar-refractivity contribution in [2.45, 2.75) is 55.0 Å². The molecule has 0 saturated heterocycles. The van der Waals surface area contributed by atoms with Gasteiger partial charge in [-0.2, -0.15) is 0 Å². The molecule has 1 aromatic rings. The summed E-state index contributed by atoms with van der Waals surface area (Å²) in [7, 11) is 0. The molecule has 1 aromatic heterocycles. The van der Waals surface area contributed by atoms with Gasteiger partial charge in [0, 0.05) is 19.3 Å². The van der Waals surface area contributed by atoms with E-state index in [1.807, 2.05) is 0 Å². The summed E-state index contributed by atoms with van der Waals surface area (Å²) >= 11 is 0. The van der Waals surface area contributed by atoms with E-state index in [0.717, 1.165) is 24.7 Å². The van der Waals surface area contributed by atoms with E-state index in [9.17, 15) is 0 Å². The van der Waals surface area contributed by atoms with Crippen molar-refractivity contribution in [2.75, 3.05) is 11.9 Å². The van der Waals surface area contributed by atoms with Gasteiger partial charge in [0.15, 0.2) is 0 Å². The van der Waals surface area contributed by atoms with Crippen LogP contribution in [0.4, 0.5) is 5.95 Å². The van der Waals surface area contributed by atoms with Gasteiger partial charge >= 0.3 is 0 Å². The van der Waals surface area contributed by atoms with Gasteiger partial charge in [-0.05, 0) is 24.2 Å². The molecule has 1 heterocycles. The maximum atomic E-state index is 4.57. The molecule has 0 fully saturated rings. The number of aryl methyl sites for hydroxylation is 1. The third-order valence-electron chi connectivity index (χ3n) is 3.51. The number of hydrogen-bond acceptors (Lipinski definition) is 2. The average molecular weight is 251 g/mol. The van der Waals surface area contributed by atoms with Crippen LogP contribution >= 0.6 is 0 Å². The number of nitrogens with one attached hydrogen (secondary N) is 1. The van der Waals surface area contributed by atoms with E-state index in [-0.39, 0.29) is 0 Å². The highest BCUT2D eigenvalue weighted by atomic mass is 15.2. The predicted octanol–water partition coefficient (Wildman–Crippen LogP) is 3.94. The van der Waals surface area contributed by atoms with Crippen LogP contribution in [0.3, 0.4) is 0 Å². The van der Waals surface area contributed by atoms with Crippen molar-refractivity contribution in [1.82, 2.24) is 9.55 Å². The Morgan fingerprint density at radius 1 is 1.28 bits per heavy atom. The summed E-state index contributed by atoms with van der Waals surface area (Å²) in [5.74, 6) is 2.26. The molecule has 1 N–H and O–H groups in total. The van der Waals surface area contributed by atoms with E-state index >= 15 is 0 Å². The standard InChI is InChI=1S/C15H29N3/c1-11(2)8-16-14-17-13(4)10-18(14)9-12(3)15(5,6)7/h10-12H,8-9H2,1-7H3,(H,16,17). The van der Waals surface area contributed by atoms with Crippen LogP contribution in [0.25, 0.3) is 0 Å². The molecule has 18 heavy (non-hydrogen) atoms. The second-order valence-electron chi connectivity index (χ2n) is 6.90. The highest BCUT2D eigenvalue weighted by molar-refractivity contribution is 5.28. The zero-order valence-corrected chi connectivity index (χ0v) is 13.0. The lowest BCUT2D eigenvalue weighted by Gasteiger charge is -2.28. The van der Waals surface area contributed by atoms with E-state index < -0.39 is 0 Å². The highest BCUT2D eigenvalue weighted by Gasteiger charge is 2.21. The zero-order valence-electron chi connectivity index (χ0n) is 13.0. The first kappa shape index (κ1) is 15.1. The van der Waals surface area contributed by atoms with Crippen molar-refractivity contribution < 1.29 is 0 Å². The summed E-state index contributed by atoms with van der Waals surface area (Å²) in [4.78, 5) is 4.57. The number of nitrogens with zero attached hydrogens (tertiary/aromatic N) is 2. The first-order valence-corrected chi connectivity index (χ1v) is 6.97. The van der Waals surface area contributed by atoms with Gasteiger partial charge in [0.25, 0.3) is 0 Å². The van der Waals surface area contributed by atoms with Gasteiger partial charge in [0.2, 0.25) is 5.95 Å². The van der Waals surface area contributed by atoms with Crippen molar-refractivity contribution in [3.05, 3.63) is 11.9 Å². The summed E-state index contributed by atoms with van der Waals surface area (Å²) < 4.78 is 2.26. The molecule has 1 rings (SSSR count). The molecule has 0 bridgehead atoms. The van der Waals surface area contributed by atoms with E-state index in [4.69, 9.17) is 0 Å². The van der Waals surface area contributed by atoms with Crippen molar-refractivity contribution >= 4 is 5.95 Å². The molecule has 104 valence electrons. The van der Waals surface area contributed by atoms with Gasteiger partial charge in [-0.3, -0.25) is 0 Å². The third kappa shape index (κ3) is 4.35. The van der Waals surface area contributed by atoms with Gasteiger partial charge in [0.05, 0.1) is 5.69 Å². The summed E-state index contributed by atoms with van der Waals surface area (Å²) in [5, 5.41) is 3.44. The molecule has 0 aromatic carbocycles. The highest BCUT2D eigenvalue weighted by Crippen LogP contribution is 2.27. The molecular weight excluding hydrogens is 222 g/mol. The fourth-order valence-electron chi connectivity index (χ4n) is 1.69. The zero-order chi connectivity index (χ0) is 13.9. The van der Waals surface area contributed by atoms with Crippen LogP contribution in [0, 0.1) is 24.2 Å². The van der Waals surface area contributed by atoms with E-state index in [1.165, 1.54) is 0 Å². The van der Waals surface area contributed by atoms with Crippen LogP contribution in [0.15, 0.2) is 6.20 Å². The smallest absolute Gasteiger partial charge is 0.203 e. The lowest BCUT2D eigenvalue weighted by molar-refractivity contribution is 0.233. The Hall–Kier alpha value is -0.990. The van der Waals surface area contributed by atoms with Crippen molar-refractivity contribution in [3.8, 4) is 0 Å². The van der Waals surface area contributed by atoms with Crippen LogP contribution in [0.5, 0.6) is 0 Å². The van der Waals surface area contributed by atoms with Crippen LogP contribution in [-0.2, 0) is 6.54 Å². The Morgan fingerprint density at radius 3 is 2.39 bits per heavy atom. The minimum atomic E-state index is 0.327. The van der Waals surface area contributed by atoms with Gasteiger partial charge in [-0.25, -0.2) is 4.98 Å². The molecule has 0 aliphatic carbocycles. The Morgan fingerprint density at radius 2 is 1.89 bits per heavy atom. The van der Waals surface area contributed by atoms with Crippen LogP contribution < -0.4 is 5.32 Å². The number of anilines is 1. The molecule has 3 nitrogen and oxygen atoms in total. The Bertz CT molecular complexity index is 372. The second-order valence-corrected chi connectivity index (χ2v) is 6.90. The molecule has 1 unspecified atom stereocenters. The molecule has 1 atom stereocenters. The van der Waals surface area contributed by atoms with Gasteiger partial charge in [-0.1, -0.05) is 41.5 Å². The van der Waals surface area contributed by atoms with Crippen molar-refractivity contribution in [1.29, 1.82) is 0 Å². The van der Waals surface area contributed by atoms with Crippen LogP contribution in [-0.4, -0.2) is 16.1 Å². The topological polar surface area (TPSA) is 29.9 Å². The van der Waals surface area contributed by atoms with Crippen molar-refractivity contribution in [3.63, 3.8) is 0 Å². The maximum Gasteiger partial charge on any atom is 0.203 e. The lowest BCUT2D eigenvalue weighted by atomic mass is 9.82. The van der Waals surface area contributed by atoms with Crippen molar-refractivity contribution in [2.24, 2.45) is 17.3 Å². The summed E-state index contributed by atoms with van der Waals surface area (Å²) in [6.07, 6.45) is 2.14. The molecule has 0 aliphatic heterocycles. The predicted molar refractivity (Wildman–Crippen MR) is 78.9 cm³/mol. The second kappa shape index (κ2) is 5.77. The quantitative estimate of drug-likeness (QED) is 0.859. The fourth-order valence-corrected chi connectivity index (χ4v) is 1.69. The molecule has 0 saturated carbocycles. The minimum Gasteiger partial charge on any atom is -0.355 e. The molecule has 0 radical (unpaired) electrons. The number of hydrogen-bond donors (Lipinski definition) is 1. The molecule has 0 spiro atoms. The molecule has 3 heteroatoms. The van der Waals surface area contributed by atoms with E-state index in [1.54, 1.807) is 0 Å². The monoisotopic (exact) mass is 251 g/mol. The number of rotatable bonds is 5. The average Bonchev–Trinajstić information content (AvgIpc) is 2.54. The van der Waals surface area contributed by atoms with Crippen LogP contribution in [0.1, 0.15) is 47.2 Å². The van der Waals surface area contributed by atoms with Gasteiger partial charge in [-0.15, -0.1) is 0 Å². The Balaban J connectivity index is 2.76. The van der Waals surface area contributed by atoms with Gasteiger partial charge < -0.3 is 9.88 Å². The largest absolute Gasteiger partial charge is 0.355 e. The first-order chi connectivity index (χ1) is 8.20. The normalized spacial score (nSPS) is 14.0. The van der Waals surface area contributed by atoms with E-state index in [2.05, 4.69) is 69.5 Å². The number of imidazole rings is 1. The SMILES string of the molecule is Cc1cn(CC(C)C(C)(C)C)c(NCC(C)C)n1. The summed E-state index contributed by atoms with van der Waals surface area (Å²) in [6, 6.07) is 0. The molecule has 0 amide bonds. The fraction of sp³-hybridized carbons (Fsp3) is 0.800. The Kier molecular flexibility index (Phi) is 4.83. The number of aromatic nitrogens is 2. The lowest BCUT2D eigenvalue weighted by Crippen LogP contribution is -2.23. The van der Waals surface area contributed by atoms with E-state index in [0.29, 0.717) is 17.3 Å². The van der Waals surface area contributed by atoms with Crippen LogP contribution in [0.2, 0.25) is 0 Å². The molecule has 0 aliphatic rings. The maximum absolute atomic E-state index is 4.57.